The van der Waals surface area contributed by atoms with Crippen LogP contribution in [-0.4, -0.2) is 20.3 Å². The third-order valence-electron chi connectivity index (χ3n) is 3.78. The van der Waals surface area contributed by atoms with Crippen molar-refractivity contribution in [3.05, 3.63) is 73.6 Å². The number of hydrogen-bond donors (Lipinski definition) is 0. The predicted octanol–water partition coefficient (Wildman–Crippen LogP) is 4.20. The summed E-state index contributed by atoms with van der Waals surface area (Å²) in [5.41, 5.74) is 2.13. The van der Waals surface area contributed by atoms with Crippen molar-refractivity contribution >= 4 is 45.2 Å². The molecule has 0 fully saturated rings. The lowest BCUT2D eigenvalue weighted by molar-refractivity contribution is 0.0462. The van der Waals surface area contributed by atoms with Gasteiger partial charge in [-0.25, -0.2) is 14.8 Å². The highest BCUT2D eigenvalue weighted by atomic mass is 35.5. The summed E-state index contributed by atoms with van der Waals surface area (Å²) in [7, 11) is 0. The highest BCUT2D eigenvalue weighted by molar-refractivity contribution is 7.15. The summed E-state index contributed by atoms with van der Waals surface area (Å²) >= 11 is 8.59. The summed E-state index contributed by atoms with van der Waals surface area (Å²) in [6.07, 6.45) is 0. The molecule has 1 aromatic carbocycles. The second-order valence-corrected chi connectivity index (χ2v) is 7.83. The first-order valence-corrected chi connectivity index (χ1v) is 10.0. The summed E-state index contributed by atoms with van der Waals surface area (Å²) in [5, 5.41) is 4.83. The van der Waals surface area contributed by atoms with E-state index in [-0.39, 0.29) is 17.9 Å². The van der Waals surface area contributed by atoms with Crippen molar-refractivity contribution < 1.29 is 9.53 Å². The van der Waals surface area contributed by atoms with Crippen LogP contribution >= 0.6 is 34.3 Å². The summed E-state index contributed by atoms with van der Waals surface area (Å²) in [5.74, 6) is -0.559. The van der Waals surface area contributed by atoms with Gasteiger partial charge in [0, 0.05) is 33.1 Å². The summed E-state index contributed by atoms with van der Waals surface area (Å²) in [4.78, 5) is 33.7. The van der Waals surface area contributed by atoms with Gasteiger partial charge in [0.05, 0.1) is 5.69 Å². The van der Waals surface area contributed by atoms with Crippen molar-refractivity contribution in [2.24, 2.45) is 0 Å². The second-order valence-electron chi connectivity index (χ2n) is 5.70. The van der Waals surface area contributed by atoms with Crippen molar-refractivity contribution in [1.29, 1.82) is 0 Å². The molecular weight excluding hydrogens is 406 g/mol. The van der Waals surface area contributed by atoms with Crippen LogP contribution in [0, 0.1) is 6.92 Å². The first kappa shape index (κ1) is 17.8. The molecule has 4 aromatic rings. The van der Waals surface area contributed by atoms with Gasteiger partial charge in [0.1, 0.15) is 11.6 Å². The van der Waals surface area contributed by atoms with Gasteiger partial charge < -0.3 is 4.74 Å². The number of benzene rings is 1. The minimum atomic E-state index is -0.559. The van der Waals surface area contributed by atoms with Crippen LogP contribution in [0.25, 0.3) is 15.5 Å². The van der Waals surface area contributed by atoms with Crippen molar-refractivity contribution in [3.63, 3.8) is 0 Å². The van der Waals surface area contributed by atoms with Crippen LogP contribution in [0.5, 0.6) is 0 Å². The van der Waals surface area contributed by atoms with Crippen molar-refractivity contribution in [2.75, 3.05) is 0 Å². The van der Waals surface area contributed by atoms with Gasteiger partial charge in [-0.15, -0.1) is 22.7 Å². The number of carbonyl (C=O) groups is 1. The quantitative estimate of drug-likeness (QED) is 0.465. The van der Waals surface area contributed by atoms with E-state index in [1.807, 2.05) is 24.4 Å². The average molecular weight is 418 g/mol. The van der Waals surface area contributed by atoms with Crippen molar-refractivity contribution in [2.45, 2.75) is 13.5 Å². The van der Waals surface area contributed by atoms with Crippen molar-refractivity contribution in [1.82, 2.24) is 14.4 Å². The standard InChI is InChI=1S/C18H12ClN3O3S2/c1-10-8-27-18-20-13(6-15(23)22(10)18)7-25-17(24)14-9-26-16(21-14)11-2-4-12(19)5-3-11/h2-6,8-9H,7H2,1H3. The maximum atomic E-state index is 12.3. The zero-order chi connectivity index (χ0) is 19.0. The number of hydrogen-bond acceptors (Lipinski definition) is 7. The van der Waals surface area contributed by atoms with Gasteiger partial charge >= 0.3 is 5.97 Å². The smallest absolute Gasteiger partial charge is 0.358 e. The Hall–Kier alpha value is -2.55. The maximum Gasteiger partial charge on any atom is 0.358 e. The molecule has 4 rings (SSSR count). The number of aromatic nitrogens is 3. The summed E-state index contributed by atoms with van der Waals surface area (Å²) < 4.78 is 6.79. The van der Waals surface area contributed by atoms with Gasteiger partial charge in [0.15, 0.2) is 10.7 Å². The molecule has 0 bridgehead atoms. The first-order chi connectivity index (χ1) is 13.0. The van der Waals surface area contributed by atoms with E-state index in [0.29, 0.717) is 20.7 Å². The third-order valence-corrected chi connectivity index (χ3v) is 5.87. The van der Waals surface area contributed by atoms with Gasteiger partial charge in [-0.05, 0) is 19.1 Å². The molecule has 0 spiro atoms. The Morgan fingerprint density at radius 3 is 2.74 bits per heavy atom. The van der Waals surface area contributed by atoms with E-state index in [2.05, 4.69) is 9.97 Å². The zero-order valence-corrected chi connectivity index (χ0v) is 16.4. The molecule has 0 aliphatic rings. The van der Waals surface area contributed by atoms with Crippen LogP contribution in [0.3, 0.4) is 0 Å². The molecule has 6 nitrogen and oxygen atoms in total. The van der Waals surface area contributed by atoms with Gasteiger partial charge in [0.25, 0.3) is 5.56 Å². The molecule has 0 amide bonds. The SMILES string of the molecule is Cc1csc2nc(COC(=O)c3csc(-c4ccc(Cl)cc4)n3)cc(=O)n12. The first-order valence-electron chi connectivity index (χ1n) is 7.86. The highest BCUT2D eigenvalue weighted by Gasteiger charge is 2.15. The minimum Gasteiger partial charge on any atom is -0.454 e. The summed E-state index contributed by atoms with van der Waals surface area (Å²) in [6, 6.07) is 8.59. The fourth-order valence-electron chi connectivity index (χ4n) is 2.48. The molecule has 0 aliphatic carbocycles. The lowest BCUT2D eigenvalue weighted by Crippen LogP contribution is -2.16. The molecule has 0 atom stereocenters. The molecule has 0 N–H and O–H groups in total. The number of nitrogens with zero attached hydrogens (tertiary/aromatic N) is 3. The predicted molar refractivity (Wildman–Crippen MR) is 106 cm³/mol. The molecule has 0 saturated heterocycles. The Morgan fingerprint density at radius 2 is 1.96 bits per heavy atom. The van der Waals surface area contributed by atoms with E-state index < -0.39 is 5.97 Å². The van der Waals surface area contributed by atoms with Crippen LogP contribution < -0.4 is 5.56 Å². The second kappa shape index (κ2) is 7.22. The van der Waals surface area contributed by atoms with Crippen LogP contribution in [-0.2, 0) is 11.3 Å². The molecule has 0 saturated carbocycles. The molecule has 136 valence electrons. The van der Waals surface area contributed by atoms with Crippen LogP contribution in [0.1, 0.15) is 21.9 Å². The Labute approximate surface area is 166 Å². The number of esters is 1. The van der Waals surface area contributed by atoms with E-state index in [0.717, 1.165) is 11.3 Å². The van der Waals surface area contributed by atoms with E-state index in [1.165, 1.54) is 33.1 Å². The highest BCUT2D eigenvalue weighted by Crippen LogP contribution is 2.25. The number of ether oxygens (including phenoxy) is 1. The fourth-order valence-corrected chi connectivity index (χ4v) is 4.29. The van der Waals surface area contributed by atoms with Crippen LogP contribution in [0.15, 0.2) is 45.9 Å². The lowest BCUT2D eigenvalue weighted by Gasteiger charge is -2.03. The van der Waals surface area contributed by atoms with Gasteiger partial charge in [-0.2, -0.15) is 0 Å². The Bertz CT molecular complexity index is 1190. The number of thiazole rings is 2. The average Bonchev–Trinajstić information content (AvgIpc) is 3.28. The fraction of sp³-hybridized carbons (Fsp3) is 0.111. The largest absolute Gasteiger partial charge is 0.454 e. The van der Waals surface area contributed by atoms with Crippen molar-refractivity contribution in [3.8, 4) is 10.6 Å². The van der Waals surface area contributed by atoms with E-state index in [1.54, 1.807) is 17.5 Å². The molecular formula is C18H12ClN3O3S2. The molecule has 27 heavy (non-hydrogen) atoms. The Morgan fingerprint density at radius 1 is 1.19 bits per heavy atom. The van der Waals surface area contributed by atoms with Gasteiger partial charge in [0.2, 0.25) is 0 Å². The molecule has 0 radical (unpaired) electrons. The lowest BCUT2D eigenvalue weighted by atomic mass is 10.2. The number of halogens is 1. The number of carbonyl (C=O) groups excluding carboxylic acids is 1. The van der Waals surface area contributed by atoms with E-state index in [4.69, 9.17) is 16.3 Å². The minimum absolute atomic E-state index is 0.0880. The van der Waals surface area contributed by atoms with Crippen LogP contribution in [0.2, 0.25) is 5.02 Å². The zero-order valence-electron chi connectivity index (χ0n) is 14.0. The molecule has 9 heteroatoms. The maximum absolute atomic E-state index is 12.3. The van der Waals surface area contributed by atoms with E-state index in [9.17, 15) is 9.59 Å². The summed E-state index contributed by atoms with van der Waals surface area (Å²) in [6.45, 7) is 1.75. The monoisotopic (exact) mass is 417 g/mol. The Balaban J connectivity index is 1.48. The third kappa shape index (κ3) is 3.64. The topological polar surface area (TPSA) is 73.6 Å². The number of aryl methyl sites for hydroxylation is 1. The normalized spacial score (nSPS) is 11.0. The number of rotatable bonds is 4. The van der Waals surface area contributed by atoms with Crippen LogP contribution in [0.4, 0.5) is 0 Å². The Kier molecular flexibility index (Phi) is 4.77. The molecule has 3 heterocycles. The molecule has 0 aliphatic heterocycles. The van der Waals surface area contributed by atoms with E-state index >= 15 is 0 Å². The molecule has 0 unspecified atom stereocenters. The van der Waals surface area contributed by atoms with Gasteiger partial charge in [-0.1, -0.05) is 23.7 Å². The number of fused-ring (bicyclic) bond motifs is 1. The molecule has 3 aromatic heterocycles. The van der Waals surface area contributed by atoms with Gasteiger partial charge in [-0.3, -0.25) is 9.20 Å².